The van der Waals surface area contributed by atoms with Gasteiger partial charge in [0.15, 0.2) is 5.82 Å². The lowest BCUT2D eigenvalue weighted by atomic mass is 10.1. The maximum absolute atomic E-state index is 12.9. The number of alkyl halides is 3. The van der Waals surface area contributed by atoms with Crippen LogP contribution in [0, 0.1) is 6.92 Å². The van der Waals surface area contributed by atoms with Gasteiger partial charge in [-0.25, -0.2) is 15.0 Å². The fourth-order valence-corrected chi connectivity index (χ4v) is 3.29. The van der Waals surface area contributed by atoms with Gasteiger partial charge in [0.2, 0.25) is 11.8 Å². The number of pyridine rings is 1. The van der Waals surface area contributed by atoms with E-state index in [1.807, 2.05) is 6.92 Å². The molecular weight excluding hydrogens is 473 g/mol. The minimum absolute atomic E-state index is 0.0651. The second-order valence-corrected chi connectivity index (χ2v) is 7.70. The lowest BCUT2D eigenvalue weighted by Crippen LogP contribution is -2.23. The molecule has 4 rings (SSSR count). The Hall–Kier alpha value is -4.54. The number of hydrogen-bond acceptors (Lipinski definition) is 7. The van der Waals surface area contributed by atoms with E-state index in [9.17, 15) is 18.0 Å². The molecule has 2 aromatic carbocycles. The fraction of sp³-hybridized carbons (Fsp3) is 0.160. The molecule has 0 aliphatic carbocycles. The number of ether oxygens (including phenoxy) is 1. The number of anilines is 1. The maximum Gasteiger partial charge on any atom is 0.416 e. The van der Waals surface area contributed by atoms with Crippen LogP contribution in [-0.4, -0.2) is 32.9 Å². The van der Waals surface area contributed by atoms with Crippen LogP contribution in [-0.2, 0) is 12.7 Å². The molecular formula is C25H21F3N6O2. The van der Waals surface area contributed by atoms with Crippen molar-refractivity contribution in [2.24, 2.45) is 0 Å². The Balaban J connectivity index is 1.53. The van der Waals surface area contributed by atoms with Gasteiger partial charge in [0, 0.05) is 25.4 Å². The number of carbonyl (C=O) groups excluding carboxylic acids is 1. The van der Waals surface area contributed by atoms with Crippen LogP contribution >= 0.6 is 0 Å². The van der Waals surface area contributed by atoms with Gasteiger partial charge < -0.3 is 15.4 Å². The predicted molar refractivity (Wildman–Crippen MR) is 126 cm³/mol. The number of hydrogen-bond donors (Lipinski definition) is 2. The summed E-state index contributed by atoms with van der Waals surface area (Å²) in [5, 5.41) is 5.49. The van der Waals surface area contributed by atoms with Crippen LogP contribution in [0.25, 0.3) is 11.4 Å². The molecule has 1 amide bonds. The lowest BCUT2D eigenvalue weighted by Gasteiger charge is -2.13. The first-order valence-electron chi connectivity index (χ1n) is 10.8. The summed E-state index contributed by atoms with van der Waals surface area (Å²) in [6.07, 6.45) is -1.53. The summed E-state index contributed by atoms with van der Waals surface area (Å²) in [4.78, 5) is 29.5. The van der Waals surface area contributed by atoms with Gasteiger partial charge in [-0.15, -0.1) is 0 Å². The van der Waals surface area contributed by atoms with Crippen LogP contribution in [0.3, 0.4) is 0 Å². The number of rotatable bonds is 7. The Kier molecular flexibility index (Phi) is 7.09. The van der Waals surface area contributed by atoms with E-state index in [1.54, 1.807) is 43.6 Å². The molecule has 2 heterocycles. The molecule has 0 bridgehead atoms. The molecule has 2 aromatic heterocycles. The van der Waals surface area contributed by atoms with Gasteiger partial charge in [-0.3, -0.25) is 4.79 Å². The third kappa shape index (κ3) is 5.74. The second kappa shape index (κ2) is 10.4. The number of nitrogens with zero attached hydrogens (tertiary/aromatic N) is 4. The monoisotopic (exact) mass is 494 g/mol. The zero-order valence-corrected chi connectivity index (χ0v) is 19.3. The average molecular weight is 494 g/mol. The molecule has 0 saturated carbocycles. The molecule has 4 aromatic rings. The van der Waals surface area contributed by atoms with Crippen molar-refractivity contribution in [2.45, 2.75) is 19.6 Å². The first-order valence-corrected chi connectivity index (χ1v) is 10.8. The Morgan fingerprint density at radius 2 is 1.86 bits per heavy atom. The molecule has 0 unspecified atom stereocenters. The summed E-state index contributed by atoms with van der Waals surface area (Å²) < 4.78 is 44.9. The molecule has 0 fully saturated rings. The number of amides is 1. The smallest absolute Gasteiger partial charge is 0.416 e. The SMILES string of the molecule is CNc1ncnc(-c2cccnc2Oc2cc(C(=O)NCc3cccc(C(F)(F)F)c3)ccc2C)n1. The summed E-state index contributed by atoms with van der Waals surface area (Å²) in [5.41, 5.74) is 1.10. The van der Waals surface area contributed by atoms with Gasteiger partial charge >= 0.3 is 6.18 Å². The van der Waals surface area contributed by atoms with Gasteiger partial charge in [0.1, 0.15) is 12.1 Å². The minimum Gasteiger partial charge on any atom is -0.438 e. The molecule has 36 heavy (non-hydrogen) atoms. The summed E-state index contributed by atoms with van der Waals surface area (Å²) in [6.45, 7) is 1.74. The largest absolute Gasteiger partial charge is 0.438 e. The highest BCUT2D eigenvalue weighted by Gasteiger charge is 2.30. The highest BCUT2D eigenvalue weighted by molar-refractivity contribution is 5.94. The minimum atomic E-state index is -4.45. The Morgan fingerprint density at radius 1 is 1.03 bits per heavy atom. The predicted octanol–water partition coefficient (Wildman–Crippen LogP) is 5.02. The highest BCUT2D eigenvalue weighted by atomic mass is 19.4. The van der Waals surface area contributed by atoms with Gasteiger partial charge in [-0.05, 0) is 54.4 Å². The Labute approximate surface area is 204 Å². The first-order chi connectivity index (χ1) is 17.2. The topological polar surface area (TPSA) is 102 Å². The van der Waals surface area contributed by atoms with Gasteiger partial charge in [-0.1, -0.05) is 18.2 Å². The van der Waals surface area contributed by atoms with Crippen molar-refractivity contribution >= 4 is 11.9 Å². The third-order valence-corrected chi connectivity index (χ3v) is 5.17. The molecule has 0 saturated heterocycles. The fourth-order valence-electron chi connectivity index (χ4n) is 3.29. The summed E-state index contributed by atoms with van der Waals surface area (Å²) in [5.74, 6) is 0.880. The van der Waals surface area contributed by atoms with Crippen molar-refractivity contribution in [1.82, 2.24) is 25.3 Å². The number of aromatic nitrogens is 4. The van der Waals surface area contributed by atoms with Crippen molar-refractivity contribution in [3.63, 3.8) is 0 Å². The van der Waals surface area contributed by atoms with Gasteiger partial charge in [0.05, 0.1) is 11.1 Å². The highest BCUT2D eigenvalue weighted by Crippen LogP contribution is 2.32. The Morgan fingerprint density at radius 3 is 2.64 bits per heavy atom. The lowest BCUT2D eigenvalue weighted by molar-refractivity contribution is -0.137. The summed E-state index contributed by atoms with van der Waals surface area (Å²) >= 11 is 0. The van der Waals surface area contributed by atoms with Crippen LogP contribution in [0.1, 0.15) is 27.0 Å². The zero-order chi connectivity index (χ0) is 25.7. The zero-order valence-electron chi connectivity index (χ0n) is 19.3. The number of carbonyl (C=O) groups is 1. The quantitative estimate of drug-likeness (QED) is 0.372. The normalized spacial score (nSPS) is 11.1. The van der Waals surface area contributed by atoms with Crippen molar-refractivity contribution in [2.75, 3.05) is 12.4 Å². The van der Waals surface area contributed by atoms with Gasteiger partial charge in [0.25, 0.3) is 5.91 Å². The number of halogens is 3. The van der Waals surface area contributed by atoms with Crippen molar-refractivity contribution in [3.8, 4) is 23.0 Å². The molecule has 0 aliphatic rings. The molecule has 8 nitrogen and oxygen atoms in total. The van der Waals surface area contributed by atoms with Crippen molar-refractivity contribution in [1.29, 1.82) is 0 Å². The van der Waals surface area contributed by atoms with Gasteiger partial charge in [-0.2, -0.15) is 18.2 Å². The number of nitrogens with one attached hydrogen (secondary N) is 2. The average Bonchev–Trinajstić information content (AvgIpc) is 2.88. The Bertz CT molecular complexity index is 1390. The first kappa shape index (κ1) is 24.6. The van der Waals surface area contributed by atoms with Crippen LogP contribution in [0.5, 0.6) is 11.6 Å². The summed E-state index contributed by atoms with van der Waals surface area (Å²) in [7, 11) is 1.69. The van der Waals surface area contributed by atoms with E-state index < -0.39 is 17.6 Å². The molecule has 184 valence electrons. The molecule has 11 heteroatoms. The number of aryl methyl sites for hydroxylation is 1. The maximum atomic E-state index is 12.9. The van der Waals surface area contributed by atoms with E-state index in [0.29, 0.717) is 28.6 Å². The van der Waals surface area contributed by atoms with Crippen LogP contribution in [0.15, 0.2) is 67.1 Å². The van der Waals surface area contributed by atoms with E-state index in [1.165, 1.54) is 18.5 Å². The van der Waals surface area contributed by atoms with E-state index in [4.69, 9.17) is 4.74 Å². The molecule has 0 radical (unpaired) electrons. The molecule has 0 aliphatic heterocycles. The van der Waals surface area contributed by atoms with E-state index in [0.717, 1.165) is 17.7 Å². The van der Waals surface area contributed by atoms with E-state index in [-0.39, 0.29) is 18.0 Å². The second-order valence-electron chi connectivity index (χ2n) is 7.70. The van der Waals surface area contributed by atoms with Crippen LogP contribution in [0.4, 0.5) is 19.1 Å². The van der Waals surface area contributed by atoms with Crippen LogP contribution in [0.2, 0.25) is 0 Å². The van der Waals surface area contributed by atoms with Crippen LogP contribution < -0.4 is 15.4 Å². The third-order valence-electron chi connectivity index (χ3n) is 5.17. The summed E-state index contributed by atoms with van der Waals surface area (Å²) in [6, 6.07) is 13.1. The number of benzene rings is 2. The standard InChI is InChI=1S/C25H21F3N6O2/c1-15-8-9-17(22(35)31-13-16-5-3-6-18(11-16)25(26,27)28)12-20(15)36-23-19(7-4-10-30-23)21-32-14-33-24(29-2)34-21/h3-12,14H,13H2,1-2H3,(H,31,35)(H,29,32,33,34). The van der Waals surface area contributed by atoms with Crippen molar-refractivity contribution in [3.05, 3.63) is 89.4 Å². The van der Waals surface area contributed by atoms with Crippen molar-refractivity contribution < 1.29 is 22.7 Å². The van der Waals surface area contributed by atoms with E-state index >= 15 is 0 Å². The molecule has 0 atom stereocenters. The van der Waals surface area contributed by atoms with E-state index in [2.05, 4.69) is 30.6 Å². The molecule has 0 spiro atoms. The molecule has 2 N–H and O–H groups in total.